The van der Waals surface area contributed by atoms with Gasteiger partial charge in [0.05, 0.1) is 44.7 Å². The quantitative estimate of drug-likeness (QED) is 0.312. The summed E-state index contributed by atoms with van der Waals surface area (Å²) in [6.07, 6.45) is 3.03. The number of fused-ring (bicyclic) bond motifs is 3. The van der Waals surface area contributed by atoms with E-state index in [-0.39, 0.29) is 10.6 Å². The number of carbonyl (C=O) groups excluding carboxylic acids is 1. The third-order valence-electron chi connectivity index (χ3n) is 5.12. The second-order valence-electron chi connectivity index (χ2n) is 7.25. The van der Waals surface area contributed by atoms with Crippen LogP contribution in [0.3, 0.4) is 0 Å². The highest BCUT2D eigenvalue weighted by molar-refractivity contribution is 7.22. The van der Waals surface area contributed by atoms with Crippen molar-refractivity contribution < 1.29 is 9.90 Å². The summed E-state index contributed by atoms with van der Waals surface area (Å²) in [4.78, 5) is 17.4. The van der Waals surface area contributed by atoms with Crippen LogP contribution >= 0.6 is 11.3 Å². The summed E-state index contributed by atoms with van der Waals surface area (Å²) in [5.41, 5.74) is 5.99. The van der Waals surface area contributed by atoms with Crippen molar-refractivity contribution in [3.63, 3.8) is 0 Å². The van der Waals surface area contributed by atoms with Crippen molar-refractivity contribution >= 4 is 44.6 Å². The molecule has 2 N–H and O–H groups in total. The number of nitrogens with zero attached hydrogens (tertiary/aromatic N) is 5. The predicted molar refractivity (Wildman–Crippen MR) is 127 cm³/mol. The molecular weight excluding hydrogens is 436 g/mol. The highest BCUT2D eigenvalue weighted by Gasteiger charge is 2.22. The zero-order chi connectivity index (χ0) is 22.9. The van der Waals surface area contributed by atoms with E-state index in [4.69, 9.17) is 5.26 Å². The van der Waals surface area contributed by atoms with Gasteiger partial charge in [-0.3, -0.25) is 4.79 Å². The second kappa shape index (κ2) is 8.18. The SMILES string of the molecule is Cc1nn(-c2ccccc2)c2ncc3c(O)c(C(=O)N/N=C/c4ccc(C#N)cc4)sc3c12. The molecule has 0 aliphatic heterocycles. The van der Waals surface area contributed by atoms with E-state index in [0.717, 1.165) is 27.0 Å². The van der Waals surface area contributed by atoms with Crippen LogP contribution in [0.1, 0.15) is 26.5 Å². The zero-order valence-corrected chi connectivity index (χ0v) is 18.2. The van der Waals surface area contributed by atoms with E-state index < -0.39 is 5.91 Å². The summed E-state index contributed by atoms with van der Waals surface area (Å²) in [5, 5.41) is 29.4. The first-order valence-corrected chi connectivity index (χ1v) is 10.8. The molecule has 8 nitrogen and oxygen atoms in total. The van der Waals surface area contributed by atoms with Crippen LogP contribution in [-0.2, 0) is 0 Å². The molecule has 3 heterocycles. The fourth-order valence-corrected chi connectivity index (χ4v) is 4.68. The molecule has 0 aliphatic rings. The Morgan fingerprint density at radius 2 is 1.97 bits per heavy atom. The van der Waals surface area contributed by atoms with Crippen LogP contribution in [0.15, 0.2) is 65.9 Å². The third kappa shape index (κ3) is 3.58. The summed E-state index contributed by atoms with van der Waals surface area (Å²) < 4.78 is 2.49. The number of aromatic hydroxyl groups is 1. The molecule has 0 spiro atoms. The number of thiophene rings is 1. The molecular formula is C24H16N6O2S. The van der Waals surface area contributed by atoms with E-state index >= 15 is 0 Å². The topological polar surface area (TPSA) is 116 Å². The van der Waals surface area contributed by atoms with Crippen LogP contribution in [0.25, 0.3) is 26.8 Å². The Bertz CT molecular complexity index is 1580. The van der Waals surface area contributed by atoms with Crippen LogP contribution < -0.4 is 5.43 Å². The number of carbonyl (C=O) groups is 1. The summed E-state index contributed by atoms with van der Waals surface area (Å²) in [7, 11) is 0. The van der Waals surface area contributed by atoms with Crippen molar-refractivity contribution in [2.75, 3.05) is 0 Å². The van der Waals surface area contributed by atoms with Crippen molar-refractivity contribution in [1.82, 2.24) is 20.2 Å². The number of nitriles is 1. The molecule has 0 atom stereocenters. The summed E-state index contributed by atoms with van der Waals surface area (Å²) in [6, 6.07) is 18.5. The maximum atomic E-state index is 12.7. The number of benzene rings is 2. The first kappa shape index (κ1) is 20.4. The Kier molecular flexibility index (Phi) is 5.05. The summed E-state index contributed by atoms with van der Waals surface area (Å²) >= 11 is 1.17. The van der Waals surface area contributed by atoms with Crippen molar-refractivity contribution in [3.05, 3.63) is 82.5 Å². The van der Waals surface area contributed by atoms with Crippen molar-refractivity contribution in [3.8, 4) is 17.5 Å². The monoisotopic (exact) mass is 452 g/mol. The minimum Gasteiger partial charge on any atom is -0.506 e. The number of hydrogen-bond acceptors (Lipinski definition) is 7. The molecule has 0 saturated carbocycles. The van der Waals surface area contributed by atoms with Crippen molar-refractivity contribution in [2.24, 2.45) is 5.10 Å². The van der Waals surface area contributed by atoms with Gasteiger partial charge in [-0.2, -0.15) is 15.5 Å². The molecule has 0 radical (unpaired) electrons. The molecule has 3 aromatic heterocycles. The Hall–Kier alpha value is -4.55. The fraction of sp³-hybridized carbons (Fsp3) is 0.0417. The van der Waals surface area contributed by atoms with Gasteiger partial charge in [-0.1, -0.05) is 30.3 Å². The van der Waals surface area contributed by atoms with E-state index in [0.29, 0.717) is 16.6 Å². The fourth-order valence-electron chi connectivity index (χ4n) is 3.53. The number of rotatable bonds is 4. The molecule has 2 aromatic carbocycles. The van der Waals surface area contributed by atoms with Crippen molar-refractivity contribution in [2.45, 2.75) is 6.92 Å². The molecule has 0 fully saturated rings. The van der Waals surface area contributed by atoms with Gasteiger partial charge in [-0.15, -0.1) is 11.3 Å². The number of hydrogen-bond donors (Lipinski definition) is 2. The molecule has 0 unspecified atom stereocenters. The Morgan fingerprint density at radius 3 is 2.70 bits per heavy atom. The average Bonchev–Trinajstić information content (AvgIpc) is 3.37. The van der Waals surface area contributed by atoms with Gasteiger partial charge < -0.3 is 5.11 Å². The zero-order valence-electron chi connectivity index (χ0n) is 17.4. The minimum absolute atomic E-state index is 0.137. The maximum absolute atomic E-state index is 12.7. The number of nitrogens with one attached hydrogen (secondary N) is 1. The average molecular weight is 452 g/mol. The van der Waals surface area contributed by atoms with Crippen molar-refractivity contribution in [1.29, 1.82) is 5.26 Å². The summed E-state index contributed by atoms with van der Waals surface area (Å²) in [6.45, 7) is 1.88. The lowest BCUT2D eigenvalue weighted by molar-refractivity contribution is 0.0957. The Morgan fingerprint density at radius 1 is 1.21 bits per heavy atom. The van der Waals surface area contributed by atoms with Gasteiger partial charge in [-0.05, 0) is 36.8 Å². The molecule has 0 aliphatic carbocycles. The third-order valence-corrected chi connectivity index (χ3v) is 6.34. The number of aromatic nitrogens is 3. The molecule has 5 aromatic rings. The molecule has 0 bridgehead atoms. The number of pyridine rings is 1. The standard InChI is InChI=1S/C24H16N6O2S/c1-14-19-21-18(13-26-23(19)30(29-14)17-5-3-2-4-6-17)20(31)22(33-21)24(32)28-27-12-16-9-7-15(11-25)8-10-16/h2-10,12-13,31H,1H3,(H,28,32)/b27-12+. The van der Waals surface area contributed by atoms with Crippen LogP contribution in [-0.4, -0.2) is 32.0 Å². The maximum Gasteiger partial charge on any atom is 0.285 e. The van der Waals surface area contributed by atoms with Gasteiger partial charge in [0.25, 0.3) is 5.91 Å². The lowest BCUT2D eigenvalue weighted by Gasteiger charge is -2.01. The van der Waals surface area contributed by atoms with E-state index in [2.05, 4.69) is 20.6 Å². The normalized spacial score (nSPS) is 11.3. The van der Waals surface area contributed by atoms with Gasteiger partial charge in [0.2, 0.25) is 0 Å². The lowest BCUT2D eigenvalue weighted by Crippen LogP contribution is -2.16. The van der Waals surface area contributed by atoms with Crippen LogP contribution in [0, 0.1) is 18.3 Å². The van der Waals surface area contributed by atoms with Gasteiger partial charge in [0, 0.05) is 6.20 Å². The highest BCUT2D eigenvalue weighted by Crippen LogP contribution is 2.41. The first-order valence-electron chi connectivity index (χ1n) is 9.95. The molecule has 5 rings (SSSR count). The first-order chi connectivity index (χ1) is 16.1. The van der Waals surface area contributed by atoms with Gasteiger partial charge in [0.1, 0.15) is 10.6 Å². The number of hydrazone groups is 1. The van der Waals surface area contributed by atoms with Crippen LogP contribution in [0.5, 0.6) is 5.75 Å². The van der Waals surface area contributed by atoms with E-state index in [1.54, 1.807) is 35.1 Å². The molecule has 160 valence electrons. The molecule has 33 heavy (non-hydrogen) atoms. The van der Waals surface area contributed by atoms with Crippen LogP contribution in [0.2, 0.25) is 0 Å². The Labute approximate surface area is 192 Å². The van der Waals surface area contributed by atoms with E-state index in [1.807, 2.05) is 43.3 Å². The summed E-state index contributed by atoms with van der Waals surface area (Å²) in [5.74, 6) is -0.665. The molecule has 1 amide bonds. The minimum atomic E-state index is -0.528. The van der Waals surface area contributed by atoms with E-state index in [9.17, 15) is 9.90 Å². The number of para-hydroxylation sites is 1. The van der Waals surface area contributed by atoms with Crippen LogP contribution in [0.4, 0.5) is 0 Å². The van der Waals surface area contributed by atoms with Gasteiger partial charge >= 0.3 is 0 Å². The second-order valence-corrected chi connectivity index (χ2v) is 8.27. The molecule has 9 heteroatoms. The number of amides is 1. The molecule has 0 saturated heterocycles. The predicted octanol–water partition coefficient (Wildman–Crippen LogP) is 4.28. The Balaban J connectivity index is 1.49. The van der Waals surface area contributed by atoms with Gasteiger partial charge in [0.15, 0.2) is 5.65 Å². The van der Waals surface area contributed by atoms with E-state index in [1.165, 1.54) is 17.6 Å². The number of aryl methyl sites for hydroxylation is 1. The highest BCUT2D eigenvalue weighted by atomic mass is 32.1. The lowest BCUT2D eigenvalue weighted by atomic mass is 10.2. The smallest absolute Gasteiger partial charge is 0.285 e. The largest absolute Gasteiger partial charge is 0.506 e. The van der Waals surface area contributed by atoms with Gasteiger partial charge in [-0.25, -0.2) is 15.1 Å².